The average molecular weight is 293 g/mol. The summed E-state index contributed by atoms with van der Waals surface area (Å²) in [7, 11) is 0. The van der Waals surface area contributed by atoms with Crippen LogP contribution in [0.3, 0.4) is 0 Å². The van der Waals surface area contributed by atoms with Crippen LogP contribution in [0.25, 0.3) is 0 Å². The molecule has 1 heterocycles. The van der Waals surface area contributed by atoms with Crippen LogP contribution in [-0.4, -0.2) is 32.8 Å². The molecule has 1 aromatic rings. The van der Waals surface area contributed by atoms with E-state index in [1.807, 2.05) is 0 Å². The lowest BCUT2D eigenvalue weighted by Crippen LogP contribution is -2.35. The highest BCUT2D eigenvalue weighted by molar-refractivity contribution is 5.76. The maximum atomic E-state index is 12.3. The van der Waals surface area contributed by atoms with Gasteiger partial charge in [-0.2, -0.15) is 18.3 Å². The Morgan fingerprint density at radius 2 is 2.15 bits per heavy atom. The van der Waals surface area contributed by atoms with Gasteiger partial charge in [-0.3, -0.25) is 14.3 Å². The largest absolute Gasteiger partial charge is 0.481 e. The Morgan fingerprint density at radius 3 is 2.65 bits per heavy atom. The van der Waals surface area contributed by atoms with Crippen molar-refractivity contribution in [1.82, 2.24) is 15.1 Å². The van der Waals surface area contributed by atoms with E-state index in [2.05, 4.69) is 10.4 Å². The molecule has 1 unspecified atom stereocenters. The van der Waals surface area contributed by atoms with Crippen LogP contribution >= 0.6 is 0 Å². The van der Waals surface area contributed by atoms with Gasteiger partial charge in [0, 0.05) is 18.7 Å². The molecule has 20 heavy (non-hydrogen) atoms. The Morgan fingerprint density at radius 1 is 1.50 bits per heavy atom. The fourth-order valence-corrected chi connectivity index (χ4v) is 1.48. The normalized spacial score (nSPS) is 13.0. The van der Waals surface area contributed by atoms with Crippen LogP contribution in [0.15, 0.2) is 12.3 Å². The van der Waals surface area contributed by atoms with Gasteiger partial charge in [0.15, 0.2) is 5.69 Å². The summed E-state index contributed by atoms with van der Waals surface area (Å²) in [4.78, 5) is 21.9. The molecule has 0 saturated carbocycles. The van der Waals surface area contributed by atoms with Gasteiger partial charge >= 0.3 is 12.1 Å². The second-order valence-corrected chi connectivity index (χ2v) is 4.30. The molecule has 112 valence electrons. The van der Waals surface area contributed by atoms with Crippen molar-refractivity contribution in [1.29, 1.82) is 0 Å². The molecule has 1 amide bonds. The van der Waals surface area contributed by atoms with E-state index in [-0.39, 0.29) is 25.4 Å². The zero-order chi connectivity index (χ0) is 15.3. The molecular formula is C11H14F3N3O3. The minimum absolute atomic E-state index is 0.0958. The van der Waals surface area contributed by atoms with Crippen LogP contribution in [-0.2, 0) is 22.3 Å². The highest BCUT2D eigenvalue weighted by Crippen LogP contribution is 2.27. The van der Waals surface area contributed by atoms with Crippen molar-refractivity contribution in [3.05, 3.63) is 18.0 Å². The molecule has 1 rings (SSSR count). The van der Waals surface area contributed by atoms with Crippen LogP contribution in [0, 0.1) is 0 Å². The average Bonchev–Trinajstić information content (AvgIpc) is 2.74. The monoisotopic (exact) mass is 293 g/mol. The molecule has 2 N–H and O–H groups in total. The van der Waals surface area contributed by atoms with Gasteiger partial charge < -0.3 is 10.4 Å². The lowest BCUT2D eigenvalue weighted by Gasteiger charge is -2.12. The van der Waals surface area contributed by atoms with E-state index in [4.69, 9.17) is 5.11 Å². The summed E-state index contributed by atoms with van der Waals surface area (Å²) < 4.78 is 37.8. The van der Waals surface area contributed by atoms with Crippen molar-refractivity contribution >= 4 is 11.9 Å². The third kappa shape index (κ3) is 5.29. The van der Waals surface area contributed by atoms with Crippen LogP contribution in [0.1, 0.15) is 25.5 Å². The van der Waals surface area contributed by atoms with Gasteiger partial charge in [-0.15, -0.1) is 0 Å². The van der Waals surface area contributed by atoms with E-state index in [9.17, 15) is 22.8 Å². The lowest BCUT2D eigenvalue weighted by molar-refractivity contribution is -0.141. The topological polar surface area (TPSA) is 84.2 Å². The fraction of sp³-hybridized carbons (Fsp3) is 0.545. The van der Waals surface area contributed by atoms with Crippen LogP contribution in [0.4, 0.5) is 13.2 Å². The predicted octanol–water partition coefficient (Wildman–Crippen LogP) is 1.27. The molecule has 0 aliphatic rings. The van der Waals surface area contributed by atoms with Gasteiger partial charge in [0.2, 0.25) is 5.91 Å². The molecule has 0 aliphatic heterocycles. The zero-order valence-corrected chi connectivity index (χ0v) is 10.6. The van der Waals surface area contributed by atoms with Gasteiger partial charge in [-0.1, -0.05) is 0 Å². The smallest absolute Gasteiger partial charge is 0.435 e. The third-order valence-electron chi connectivity index (χ3n) is 2.44. The third-order valence-corrected chi connectivity index (χ3v) is 2.44. The molecule has 9 heteroatoms. The molecule has 1 aromatic heterocycles. The van der Waals surface area contributed by atoms with Crippen molar-refractivity contribution < 1.29 is 27.9 Å². The summed E-state index contributed by atoms with van der Waals surface area (Å²) in [6, 6.07) is 0.400. The number of halogens is 3. The molecule has 0 spiro atoms. The summed E-state index contributed by atoms with van der Waals surface area (Å²) in [6.45, 7) is 1.26. The number of nitrogens with zero attached hydrogens (tertiary/aromatic N) is 2. The minimum Gasteiger partial charge on any atom is -0.481 e. The number of hydrogen-bond donors (Lipinski definition) is 2. The van der Waals surface area contributed by atoms with Crippen LogP contribution < -0.4 is 5.32 Å². The van der Waals surface area contributed by atoms with Crippen molar-refractivity contribution in [2.75, 3.05) is 0 Å². The first-order chi connectivity index (χ1) is 9.18. The quantitative estimate of drug-likeness (QED) is 0.827. The summed E-state index contributed by atoms with van der Waals surface area (Å²) in [6.07, 6.45) is -3.34. The number of amides is 1. The maximum absolute atomic E-state index is 12.3. The molecule has 0 fully saturated rings. The van der Waals surface area contributed by atoms with E-state index in [1.54, 1.807) is 6.92 Å². The molecule has 0 aromatic carbocycles. The predicted molar refractivity (Wildman–Crippen MR) is 61.7 cm³/mol. The summed E-state index contributed by atoms with van der Waals surface area (Å²) in [5, 5.41) is 14.2. The first-order valence-electron chi connectivity index (χ1n) is 5.80. The number of carbonyl (C=O) groups excluding carboxylic acids is 1. The molecule has 0 aliphatic carbocycles. The highest BCUT2D eigenvalue weighted by Gasteiger charge is 2.33. The number of hydrogen-bond acceptors (Lipinski definition) is 3. The maximum Gasteiger partial charge on any atom is 0.435 e. The van der Waals surface area contributed by atoms with Crippen molar-refractivity contribution in [2.24, 2.45) is 0 Å². The fourth-order valence-electron chi connectivity index (χ4n) is 1.48. The summed E-state index contributed by atoms with van der Waals surface area (Å²) >= 11 is 0. The molecule has 0 bridgehead atoms. The Labute approximate surface area is 112 Å². The Kier molecular flexibility index (Phi) is 5.12. The van der Waals surface area contributed by atoms with Gasteiger partial charge in [-0.05, 0) is 19.4 Å². The van der Waals surface area contributed by atoms with Crippen LogP contribution in [0.2, 0.25) is 0 Å². The number of rotatable bonds is 6. The number of aromatic nitrogens is 2. The highest BCUT2D eigenvalue weighted by atomic mass is 19.4. The van der Waals surface area contributed by atoms with E-state index < -0.39 is 23.7 Å². The van der Waals surface area contributed by atoms with Gasteiger partial charge in [0.25, 0.3) is 0 Å². The standard InChI is InChI=1S/C11H14F3N3O3/c1-7(2-3-10(19)20)15-9(18)6-17-5-4-8(16-17)11(12,13)14/h4-5,7H,2-3,6H2,1H3,(H,15,18)(H,19,20). The van der Waals surface area contributed by atoms with E-state index >= 15 is 0 Å². The molecular weight excluding hydrogens is 279 g/mol. The van der Waals surface area contributed by atoms with Gasteiger partial charge in [0.05, 0.1) is 0 Å². The van der Waals surface area contributed by atoms with Crippen LogP contribution in [0.5, 0.6) is 0 Å². The number of alkyl halides is 3. The Balaban J connectivity index is 2.46. The minimum atomic E-state index is -4.55. The van der Waals surface area contributed by atoms with E-state index in [0.29, 0.717) is 0 Å². The number of aliphatic carboxylic acids is 1. The van der Waals surface area contributed by atoms with Crippen molar-refractivity contribution in [3.8, 4) is 0 Å². The van der Waals surface area contributed by atoms with Gasteiger partial charge in [0.1, 0.15) is 6.54 Å². The summed E-state index contributed by atoms with van der Waals surface area (Å²) in [5.74, 6) is -1.51. The number of carboxylic acids is 1. The molecule has 0 saturated heterocycles. The first-order valence-corrected chi connectivity index (χ1v) is 5.80. The molecule has 6 nitrogen and oxygen atoms in total. The van der Waals surface area contributed by atoms with E-state index in [1.165, 1.54) is 0 Å². The lowest BCUT2D eigenvalue weighted by atomic mass is 10.2. The number of carboxylic acid groups (broad SMARTS) is 1. The SMILES string of the molecule is CC(CCC(=O)O)NC(=O)Cn1ccc(C(F)(F)F)n1. The van der Waals surface area contributed by atoms with E-state index in [0.717, 1.165) is 16.9 Å². The second-order valence-electron chi connectivity index (χ2n) is 4.30. The van der Waals surface area contributed by atoms with Gasteiger partial charge in [-0.25, -0.2) is 0 Å². The number of carbonyl (C=O) groups is 2. The zero-order valence-electron chi connectivity index (χ0n) is 10.6. The Bertz CT molecular complexity index is 485. The van der Waals surface area contributed by atoms with Crippen molar-refractivity contribution in [2.45, 2.75) is 38.5 Å². The first kappa shape index (κ1) is 16.0. The molecule has 1 atom stereocenters. The Hall–Kier alpha value is -2.06. The number of nitrogens with one attached hydrogen (secondary N) is 1. The second kappa shape index (κ2) is 6.40. The molecule has 0 radical (unpaired) electrons. The van der Waals surface area contributed by atoms with Crippen molar-refractivity contribution in [3.63, 3.8) is 0 Å². The summed E-state index contributed by atoms with van der Waals surface area (Å²) in [5.41, 5.74) is -1.07.